The summed E-state index contributed by atoms with van der Waals surface area (Å²) in [4.78, 5) is 59.9. The molecule has 0 aromatic heterocycles. The second-order valence-corrected chi connectivity index (χ2v) is 7.94. The summed E-state index contributed by atoms with van der Waals surface area (Å²) in [6, 6.07) is -4.40. The van der Waals surface area contributed by atoms with Crippen molar-refractivity contribution in [1.29, 1.82) is 0 Å². The van der Waals surface area contributed by atoms with Crippen LogP contribution in [0, 0.1) is 5.92 Å². The van der Waals surface area contributed by atoms with Crippen molar-refractivity contribution in [2.45, 2.75) is 76.7 Å². The largest absolute Gasteiger partial charge is 0.481 e. The summed E-state index contributed by atoms with van der Waals surface area (Å²) in [6.07, 6.45) is -0.712. The molecule has 0 saturated carbocycles. The first kappa shape index (κ1) is 26.3. The smallest absolute Gasteiger partial charge is 0.328 e. The summed E-state index contributed by atoms with van der Waals surface area (Å²) < 4.78 is 0. The number of aliphatic hydroxyl groups excluding tert-OH is 1. The van der Waals surface area contributed by atoms with E-state index in [2.05, 4.69) is 21.3 Å². The molecule has 12 nitrogen and oxygen atoms in total. The first-order chi connectivity index (χ1) is 14.4. The van der Waals surface area contributed by atoms with Crippen LogP contribution in [0.4, 0.5) is 0 Å². The Morgan fingerprint density at radius 3 is 2.06 bits per heavy atom. The number of aliphatic carboxylic acids is 2. The predicted octanol–water partition coefficient (Wildman–Crippen LogP) is -1.82. The zero-order valence-electron chi connectivity index (χ0n) is 17.9. The first-order valence-corrected chi connectivity index (χ1v) is 10.2. The highest BCUT2D eigenvalue weighted by Gasteiger charge is 2.33. The van der Waals surface area contributed by atoms with E-state index in [4.69, 9.17) is 10.2 Å². The van der Waals surface area contributed by atoms with Crippen LogP contribution in [-0.4, -0.2) is 81.8 Å². The molecule has 1 rings (SSSR count). The summed E-state index contributed by atoms with van der Waals surface area (Å²) in [5.74, 6) is -5.03. The maximum absolute atomic E-state index is 12.8. The van der Waals surface area contributed by atoms with Crippen LogP contribution in [0.5, 0.6) is 0 Å². The topological polar surface area (TPSA) is 194 Å². The van der Waals surface area contributed by atoms with Gasteiger partial charge in [0.1, 0.15) is 12.1 Å². The zero-order chi connectivity index (χ0) is 23.7. The molecule has 12 heteroatoms. The fraction of sp³-hybridized carbons (Fsp3) is 0.737. The highest BCUT2D eigenvalue weighted by atomic mass is 16.4. The molecule has 1 heterocycles. The lowest BCUT2D eigenvalue weighted by Gasteiger charge is -2.27. The van der Waals surface area contributed by atoms with E-state index in [0.717, 1.165) is 6.42 Å². The molecule has 0 aromatic carbocycles. The van der Waals surface area contributed by atoms with Gasteiger partial charge >= 0.3 is 11.9 Å². The molecular weight excluding hydrogens is 412 g/mol. The van der Waals surface area contributed by atoms with E-state index in [-0.39, 0.29) is 18.2 Å². The highest BCUT2D eigenvalue weighted by Crippen LogP contribution is 2.09. The van der Waals surface area contributed by atoms with E-state index in [1.165, 1.54) is 6.92 Å². The maximum atomic E-state index is 12.8. The van der Waals surface area contributed by atoms with E-state index in [1.54, 1.807) is 13.8 Å². The Labute approximate surface area is 180 Å². The minimum absolute atomic E-state index is 0.304. The van der Waals surface area contributed by atoms with Crippen LogP contribution in [0.15, 0.2) is 0 Å². The lowest BCUT2D eigenvalue weighted by Crippen LogP contribution is -2.59. The van der Waals surface area contributed by atoms with E-state index < -0.39 is 60.4 Å². The Morgan fingerprint density at radius 1 is 0.968 bits per heavy atom. The fourth-order valence-corrected chi connectivity index (χ4v) is 3.14. The van der Waals surface area contributed by atoms with Crippen LogP contribution < -0.4 is 21.3 Å². The van der Waals surface area contributed by atoms with Gasteiger partial charge in [-0.15, -0.1) is 0 Å². The number of carbonyl (C=O) groups excluding carboxylic acids is 3. The lowest BCUT2D eigenvalue weighted by molar-refractivity contribution is -0.145. The fourth-order valence-electron chi connectivity index (χ4n) is 3.14. The van der Waals surface area contributed by atoms with E-state index in [0.29, 0.717) is 13.0 Å². The Morgan fingerprint density at radius 2 is 1.61 bits per heavy atom. The predicted molar refractivity (Wildman–Crippen MR) is 108 cm³/mol. The van der Waals surface area contributed by atoms with Crippen molar-refractivity contribution >= 4 is 29.7 Å². The third kappa shape index (κ3) is 8.50. The molecule has 176 valence electrons. The van der Waals surface area contributed by atoms with Crippen LogP contribution in [0.25, 0.3) is 0 Å². The summed E-state index contributed by atoms with van der Waals surface area (Å²) >= 11 is 0. The average Bonchev–Trinajstić information content (AvgIpc) is 3.20. The van der Waals surface area contributed by atoms with Crippen LogP contribution in [0.3, 0.4) is 0 Å². The number of nitrogens with one attached hydrogen (secondary N) is 4. The number of amides is 3. The summed E-state index contributed by atoms with van der Waals surface area (Å²) in [7, 11) is 0. The quantitative estimate of drug-likeness (QED) is 0.181. The molecule has 0 aromatic rings. The molecule has 0 bridgehead atoms. The molecule has 1 saturated heterocycles. The van der Waals surface area contributed by atoms with Gasteiger partial charge in [-0.2, -0.15) is 0 Å². The molecule has 0 spiro atoms. The molecule has 5 unspecified atom stereocenters. The van der Waals surface area contributed by atoms with Gasteiger partial charge in [-0.1, -0.05) is 13.8 Å². The van der Waals surface area contributed by atoms with Crippen LogP contribution in [-0.2, 0) is 24.0 Å². The van der Waals surface area contributed by atoms with Gasteiger partial charge in [0, 0.05) is 6.42 Å². The molecule has 0 aliphatic carbocycles. The number of rotatable bonds is 12. The van der Waals surface area contributed by atoms with Gasteiger partial charge in [-0.05, 0) is 38.6 Å². The standard InChI is InChI=1S/C19H32N4O8/c1-9(2)14(22-16(27)11-5-4-8-20-11)18(29)21-12(6-7-13(25)26)17(28)23-15(10(3)24)19(30)31/h9-12,14-15,20,24H,4-8H2,1-3H3,(H,21,29)(H,22,27)(H,23,28)(H,25,26)(H,30,31). The SMILES string of the molecule is CC(C)C(NC(=O)C1CCCN1)C(=O)NC(CCC(=O)O)C(=O)NC(C(=O)O)C(C)O. The molecule has 1 aliphatic rings. The van der Waals surface area contributed by atoms with Crippen LogP contribution in [0.1, 0.15) is 46.5 Å². The van der Waals surface area contributed by atoms with Crippen LogP contribution in [0.2, 0.25) is 0 Å². The summed E-state index contributed by atoms with van der Waals surface area (Å²) in [6.45, 7) is 5.27. The van der Waals surface area contributed by atoms with Crippen molar-refractivity contribution in [1.82, 2.24) is 21.3 Å². The number of aliphatic hydroxyl groups is 1. The molecule has 1 aliphatic heterocycles. The average molecular weight is 444 g/mol. The lowest BCUT2D eigenvalue weighted by atomic mass is 10.0. The van der Waals surface area contributed by atoms with E-state index in [1.807, 2.05) is 0 Å². The Kier molecular flexibility index (Phi) is 10.4. The number of carboxylic acid groups (broad SMARTS) is 2. The van der Waals surface area contributed by atoms with Gasteiger partial charge in [0.2, 0.25) is 17.7 Å². The second kappa shape index (κ2) is 12.2. The van der Waals surface area contributed by atoms with Gasteiger partial charge < -0.3 is 36.6 Å². The molecule has 5 atom stereocenters. The molecule has 1 fully saturated rings. The summed E-state index contributed by atoms with van der Waals surface area (Å²) in [5.41, 5.74) is 0. The normalized spacial score (nSPS) is 19.7. The van der Waals surface area contributed by atoms with E-state index in [9.17, 15) is 29.1 Å². The van der Waals surface area contributed by atoms with Crippen molar-refractivity contribution in [2.24, 2.45) is 5.92 Å². The Bertz CT molecular complexity index is 676. The van der Waals surface area contributed by atoms with Gasteiger partial charge in [0.25, 0.3) is 0 Å². The Hall–Kier alpha value is -2.73. The third-order valence-corrected chi connectivity index (χ3v) is 4.95. The van der Waals surface area contributed by atoms with Gasteiger partial charge in [0.15, 0.2) is 6.04 Å². The van der Waals surface area contributed by atoms with Gasteiger partial charge in [0.05, 0.1) is 12.1 Å². The van der Waals surface area contributed by atoms with Crippen molar-refractivity contribution in [2.75, 3.05) is 6.54 Å². The monoisotopic (exact) mass is 444 g/mol. The molecular formula is C19H32N4O8. The zero-order valence-corrected chi connectivity index (χ0v) is 17.9. The number of carboxylic acids is 2. The Balaban J connectivity index is 2.91. The van der Waals surface area contributed by atoms with E-state index >= 15 is 0 Å². The molecule has 31 heavy (non-hydrogen) atoms. The number of hydrogen-bond donors (Lipinski definition) is 7. The van der Waals surface area contributed by atoms with Crippen molar-refractivity contribution in [3.8, 4) is 0 Å². The van der Waals surface area contributed by atoms with Crippen molar-refractivity contribution < 1.29 is 39.3 Å². The minimum atomic E-state index is -1.63. The molecule has 7 N–H and O–H groups in total. The first-order valence-electron chi connectivity index (χ1n) is 10.2. The summed E-state index contributed by atoms with van der Waals surface area (Å²) in [5, 5.41) is 37.8. The number of carbonyl (C=O) groups is 5. The van der Waals surface area contributed by atoms with Crippen molar-refractivity contribution in [3.05, 3.63) is 0 Å². The van der Waals surface area contributed by atoms with Crippen LogP contribution >= 0.6 is 0 Å². The molecule has 0 radical (unpaired) electrons. The second-order valence-electron chi connectivity index (χ2n) is 7.94. The minimum Gasteiger partial charge on any atom is -0.481 e. The van der Waals surface area contributed by atoms with Gasteiger partial charge in [-0.3, -0.25) is 19.2 Å². The molecule has 3 amide bonds. The maximum Gasteiger partial charge on any atom is 0.328 e. The van der Waals surface area contributed by atoms with Gasteiger partial charge in [-0.25, -0.2) is 4.79 Å². The highest BCUT2D eigenvalue weighted by molar-refractivity contribution is 5.94. The third-order valence-electron chi connectivity index (χ3n) is 4.95. The number of hydrogen-bond acceptors (Lipinski definition) is 7. The van der Waals surface area contributed by atoms with Crippen molar-refractivity contribution in [3.63, 3.8) is 0 Å².